The minimum absolute atomic E-state index is 0. The highest BCUT2D eigenvalue weighted by molar-refractivity contribution is 6.20. The molecule has 78 heavy (non-hydrogen) atoms. The Kier molecular flexibility index (Phi) is 30.6. The lowest BCUT2D eigenvalue weighted by atomic mass is 9.95. The van der Waals surface area contributed by atoms with Gasteiger partial charge in [-0.3, -0.25) is 9.59 Å². The number of carbonyl (C=O) groups excluding carboxylic acids is 7. The molecule has 9 rings (SSSR count). The summed E-state index contributed by atoms with van der Waals surface area (Å²) >= 11 is 0. The van der Waals surface area contributed by atoms with Crippen LogP contribution in [0.4, 0.5) is 0 Å². The predicted molar refractivity (Wildman–Crippen MR) is 306 cm³/mol. The van der Waals surface area contributed by atoms with E-state index in [1.54, 1.807) is 6.92 Å². The van der Waals surface area contributed by atoms with Crippen molar-refractivity contribution in [3.63, 3.8) is 0 Å². The van der Waals surface area contributed by atoms with Crippen molar-refractivity contribution >= 4 is 42.0 Å². The number of ether oxygens (including phenoxy) is 3. The van der Waals surface area contributed by atoms with Crippen LogP contribution in [-0.4, -0.2) is 61.0 Å². The number of carbonyl (C=O) groups is 3. The lowest BCUT2D eigenvalue weighted by molar-refractivity contribution is -0.193. The van der Waals surface area contributed by atoms with Gasteiger partial charge >= 0.3 is 36.4 Å². The number of hydrogen-bond acceptors (Lipinski definition) is 10. The third-order valence-corrected chi connectivity index (χ3v) is 14.9. The van der Waals surface area contributed by atoms with Gasteiger partial charge in [-0.2, -0.15) is 24.0 Å². The zero-order chi connectivity index (χ0) is 57.5. The Morgan fingerprint density at radius 3 is 1.00 bits per heavy atom. The highest BCUT2D eigenvalue weighted by Crippen LogP contribution is 2.57. The number of allylic oxidation sites excluding steroid dienone is 1. The smallest absolute Gasteiger partial charge is 0.413 e. The fourth-order valence-corrected chi connectivity index (χ4v) is 9.57. The number of nitrogens with zero attached hydrogens (tertiary/aromatic N) is 2. The standard InChI is InChI=1S/2C13H16O2.2C12H16.C9H10.C4H6N2O2.2CO2.CH4/c2*1-3-15-12(14)11-9-13(11,2)10-7-5-4-6-8-10;2*1-3-10-9-12(10,2)11-7-5-4-6-8-11;1-8(2)9-6-4-3-5-7-9;1-2-8-4(7)3-6-5;2*2-1-3;/h2*4-8,11H,3,9H2,1-2H3;2*4-8,10H,3,9H2,1-2H3;3-7H,1H2,2H3;3H,2H2,1H3;;;1H4/t2*11-,13+;10-,12+;10-,12-;;;;;/m1000...../s1. The summed E-state index contributed by atoms with van der Waals surface area (Å²) in [7, 11) is 0. The molecule has 12 heteroatoms. The molecule has 4 aliphatic carbocycles. The molecule has 0 amide bonds. The molecule has 418 valence electrons. The molecular formula is C66H84N2O10. The Hall–Kier alpha value is -7.61. The maximum absolute atomic E-state index is 11.6. The van der Waals surface area contributed by atoms with Crippen molar-refractivity contribution < 1.29 is 52.6 Å². The van der Waals surface area contributed by atoms with Crippen molar-refractivity contribution in [3.8, 4) is 0 Å². The Labute approximate surface area is 464 Å². The van der Waals surface area contributed by atoms with Gasteiger partial charge in [-0.05, 0) is 104 Å². The molecule has 0 saturated heterocycles. The normalized spacial score (nSPS) is 23.2. The van der Waals surface area contributed by atoms with Gasteiger partial charge in [0.1, 0.15) is 0 Å². The van der Waals surface area contributed by atoms with Crippen LogP contribution < -0.4 is 0 Å². The maximum Gasteiger partial charge on any atom is 0.413 e. The van der Waals surface area contributed by atoms with Gasteiger partial charge in [-0.1, -0.05) is 226 Å². The molecule has 4 aliphatic rings. The molecule has 8 atom stereocenters. The average Bonchev–Trinajstić information content (AvgIpc) is 4.38. The van der Waals surface area contributed by atoms with Gasteiger partial charge in [0.2, 0.25) is 0 Å². The summed E-state index contributed by atoms with van der Waals surface area (Å²) in [6.07, 6.45) is 8.44. The van der Waals surface area contributed by atoms with Crippen molar-refractivity contribution in [2.24, 2.45) is 23.7 Å². The summed E-state index contributed by atoms with van der Waals surface area (Å²) in [5.41, 5.74) is 16.6. The fraction of sp³-hybridized carbons (Fsp3) is 0.424. The van der Waals surface area contributed by atoms with E-state index in [1.165, 1.54) is 53.5 Å². The van der Waals surface area contributed by atoms with Crippen molar-refractivity contribution in [1.29, 1.82) is 0 Å². The van der Waals surface area contributed by atoms with E-state index < -0.39 is 5.97 Å². The van der Waals surface area contributed by atoms with Crippen LogP contribution >= 0.6 is 0 Å². The van der Waals surface area contributed by atoms with Crippen molar-refractivity contribution in [3.05, 3.63) is 192 Å². The largest absolute Gasteiger partial charge is 0.466 e. The lowest BCUT2D eigenvalue weighted by Crippen LogP contribution is -2.14. The topological polar surface area (TPSA) is 184 Å². The average molecular weight is 1070 g/mol. The first kappa shape index (κ1) is 68.4. The Balaban J connectivity index is 0.000000462. The monoisotopic (exact) mass is 1060 g/mol. The molecule has 0 unspecified atom stereocenters. The molecular weight excluding hydrogens is 981 g/mol. The molecule has 0 bridgehead atoms. The first-order valence-electron chi connectivity index (χ1n) is 26.4. The van der Waals surface area contributed by atoms with Crippen LogP contribution in [0.2, 0.25) is 0 Å². The number of benzene rings is 5. The summed E-state index contributed by atoms with van der Waals surface area (Å²) in [6, 6.07) is 52.3. The number of hydrogen-bond donors (Lipinski definition) is 0. The molecule has 0 N–H and O–H groups in total. The molecule has 0 heterocycles. The first-order chi connectivity index (χ1) is 36.8. The highest BCUT2D eigenvalue weighted by atomic mass is 16.5. The third-order valence-electron chi connectivity index (χ3n) is 14.9. The molecule has 0 spiro atoms. The summed E-state index contributed by atoms with van der Waals surface area (Å²) in [4.78, 5) is 68.2. The maximum atomic E-state index is 11.6. The fourth-order valence-electron chi connectivity index (χ4n) is 9.57. The highest BCUT2D eigenvalue weighted by Gasteiger charge is 2.57. The molecule has 4 saturated carbocycles. The van der Waals surface area contributed by atoms with Gasteiger partial charge in [0, 0.05) is 10.8 Å². The summed E-state index contributed by atoms with van der Waals surface area (Å²) in [5.74, 6) is 1.24. The zero-order valence-electron chi connectivity index (χ0n) is 46.9. The minimum atomic E-state index is -0.630. The second-order valence-electron chi connectivity index (χ2n) is 20.1. The zero-order valence-corrected chi connectivity index (χ0v) is 46.9. The van der Waals surface area contributed by atoms with Crippen molar-refractivity contribution in [2.45, 2.75) is 137 Å². The van der Waals surface area contributed by atoms with Crippen LogP contribution in [0.15, 0.2) is 158 Å². The van der Waals surface area contributed by atoms with Crippen LogP contribution in [0.5, 0.6) is 0 Å². The van der Waals surface area contributed by atoms with Gasteiger partial charge in [0.15, 0.2) is 0 Å². The Bertz CT molecular complexity index is 2520. The van der Waals surface area contributed by atoms with Crippen molar-refractivity contribution in [2.75, 3.05) is 19.8 Å². The van der Waals surface area contributed by atoms with E-state index in [-0.39, 0.29) is 54.3 Å². The van der Waals surface area contributed by atoms with E-state index in [2.05, 4.69) is 155 Å². The van der Waals surface area contributed by atoms with Crippen LogP contribution in [-0.2, 0) is 69.4 Å². The van der Waals surface area contributed by atoms with Crippen LogP contribution in [0.1, 0.15) is 143 Å². The van der Waals surface area contributed by atoms with Gasteiger partial charge in [0.05, 0.1) is 31.7 Å². The quantitative estimate of drug-likeness (QED) is 0.0361. The van der Waals surface area contributed by atoms with Crippen LogP contribution in [0, 0.1) is 23.7 Å². The summed E-state index contributed by atoms with van der Waals surface area (Å²) < 4.78 is 14.4. The summed E-state index contributed by atoms with van der Waals surface area (Å²) in [6.45, 7) is 26.1. The van der Waals surface area contributed by atoms with Crippen molar-refractivity contribution in [1.82, 2.24) is 0 Å². The molecule has 4 fully saturated rings. The van der Waals surface area contributed by atoms with Gasteiger partial charge in [0.25, 0.3) is 0 Å². The van der Waals surface area contributed by atoms with E-state index in [9.17, 15) is 14.4 Å². The molecule has 0 aliphatic heterocycles. The molecule has 5 aromatic rings. The van der Waals surface area contributed by atoms with E-state index in [4.69, 9.17) is 34.2 Å². The van der Waals surface area contributed by atoms with Gasteiger partial charge < -0.3 is 19.7 Å². The molecule has 0 radical (unpaired) electrons. The van der Waals surface area contributed by atoms with E-state index in [1.807, 2.05) is 75.4 Å². The second kappa shape index (κ2) is 34.9. The SMILES string of the molecule is C.C=C(C)c1ccccc1.CCOC(=O)C=[N+]=[N-].CCOC(=O)[C@@H]1C[C@]1(C)c1ccccc1.CCOC(=O)[C@H]1C[C@@]1(C)c1ccccc1.CC[C@H]1C[C@@]1(C)c1ccccc1.CC[C@H]1C[C@]1(C)c1ccccc1.O=C=O.O=C=O. The minimum Gasteiger partial charge on any atom is -0.466 e. The predicted octanol–water partition coefficient (Wildman–Crippen LogP) is 13.8. The molecule has 5 aromatic carbocycles. The lowest BCUT2D eigenvalue weighted by Gasteiger charge is -2.10. The second-order valence-corrected chi connectivity index (χ2v) is 20.1. The van der Waals surface area contributed by atoms with E-state index in [0.717, 1.165) is 30.3 Å². The van der Waals surface area contributed by atoms with Crippen LogP contribution in [0.25, 0.3) is 11.1 Å². The number of esters is 3. The molecule has 0 aromatic heterocycles. The van der Waals surface area contributed by atoms with Gasteiger partial charge in [-0.25, -0.2) is 4.79 Å². The summed E-state index contributed by atoms with van der Waals surface area (Å²) in [5, 5.41) is 0. The molecule has 12 nitrogen and oxygen atoms in total. The third kappa shape index (κ3) is 21.4. The first-order valence-corrected chi connectivity index (χ1v) is 26.4. The number of rotatable bonds is 13. The van der Waals surface area contributed by atoms with E-state index in [0.29, 0.717) is 36.9 Å². The van der Waals surface area contributed by atoms with E-state index >= 15 is 0 Å². The van der Waals surface area contributed by atoms with Crippen LogP contribution in [0.3, 0.4) is 0 Å². The van der Waals surface area contributed by atoms with Gasteiger partial charge in [-0.15, -0.1) is 0 Å². The Morgan fingerprint density at radius 2 is 0.782 bits per heavy atom. The Morgan fingerprint density at radius 1 is 0.513 bits per heavy atom.